The first-order valence-electron chi connectivity index (χ1n) is 7.89. The van der Waals surface area contributed by atoms with E-state index in [1.54, 1.807) is 6.07 Å². The monoisotopic (exact) mass is 343 g/mol. The van der Waals surface area contributed by atoms with Crippen LogP contribution in [0.1, 0.15) is 26.3 Å². The van der Waals surface area contributed by atoms with Crippen molar-refractivity contribution in [3.8, 4) is 17.2 Å². The molecule has 0 aromatic heterocycles. The van der Waals surface area contributed by atoms with Crippen LogP contribution < -0.4 is 24.8 Å². The molecule has 0 radical (unpaired) electrons. The van der Waals surface area contributed by atoms with E-state index in [4.69, 9.17) is 9.47 Å². The molecule has 0 unspecified atom stereocenters. The van der Waals surface area contributed by atoms with Gasteiger partial charge in [0.1, 0.15) is 5.75 Å². The lowest BCUT2D eigenvalue weighted by molar-refractivity contribution is -0.0505. The number of aliphatic imine (C=N–C) groups is 1. The third-order valence-electron chi connectivity index (χ3n) is 3.20. The third kappa shape index (κ3) is 5.14. The summed E-state index contributed by atoms with van der Waals surface area (Å²) in [5.74, 6) is 2.01. The molecule has 0 saturated heterocycles. The molecule has 0 atom stereocenters. The second-order valence-corrected chi connectivity index (χ2v) is 5.66. The Morgan fingerprint density at radius 3 is 2.58 bits per heavy atom. The Balaban J connectivity index is 2.17. The van der Waals surface area contributed by atoms with Crippen LogP contribution in [0.5, 0.6) is 17.2 Å². The zero-order valence-electron chi connectivity index (χ0n) is 14.1. The average Bonchev–Trinajstić information content (AvgIpc) is 2.96. The molecule has 0 saturated carbocycles. The second kappa shape index (κ2) is 8.56. The van der Waals surface area contributed by atoms with Crippen LogP contribution in [0.25, 0.3) is 0 Å². The van der Waals surface area contributed by atoms with Crippen molar-refractivity contribution in [2.45, 2.75) is 33.9 Å². The highest BCUT2D eigenvalue weighted by Gasteiger charge is 2.20. The molecule has 8 heteroatoms. The molecule has 0 amide bonds. The molecule has 6 nitrogen and oxygen atoms in total. The number of halogens is 2. The Hall–Kier alpha value is -2.25. The van der Waals surface area contributed by atoms with Crippen molar-refractivity contribution in [3.05, 3.63) is 17.7 Å². The van der Waals surface area contributed by atoms with Gasteiger partial charge in [-0.2, -0.15) is 8.78 Å². The van der Waals surface area contributed by atoms with Crippen LogP contribution in [0, 0.1) is 5.92 Å². The van der Waals surface area contributed by atoms with E-state index in [1.807, 2.05) is 6.92 Å². The van der Waals surface area contributed by atoms with E-state index < -0.39 is 6.61 Å². The SMILES string of the molecule is CCNC(=NCc1cc2c(cc1OC(F)F)OCO2)NCC(C)C. The van der Waals surface area contributed by atoms with Crippen LogP contribution >= 0.6 is 0 Å². The van der Waals surface area contributed by atoms with Crippen molar-refractivity contribution in [3.63, 3.8) is 0 Å². The average molecular weight is 343 g/mol. The summed E-state index contributed by atoms with van der Waals surface area (Å²) in [5.41, 5.74) is 0.501. The minimum Gasteiger partial charge on any atom is -0.454 e. The molecule has 1 aliphatic heterocycles. The molecular weight excluding hydrogens is 320 g/mol. The number of nitrogens with one attached hydrogen (secondary N) is 2. The highest BCUT2D eigenvalue weighted by atomic mass is 19.3. The fourth-order valence-electron chi connectivity index (χ4n) is 2.10. The van der Waals surface area contributed by atoms with Crippen LogP contribution in [0.4, 0.5) is 8.78 Å². The molecule has 1 aromatic carbocycles. The van der Waals surface area contributed by atoms with Gasteiger partial charge in [-0.15, -0.1) is 0 Å². The number of nitrogens with zero attached hydrogens (tertiary/aromatic N) is 1. The van der Waals surface area contributed by atoms with Gasteiger partial charge in [0, 0.05) is 24.7 Å². The summed E-state index contributed by atoms with van der Waals surface area (Å²) in [5, 5.41) is 6.31. The molecule has 2 N–H and O–H groups in total. The maximum Gasteiger partial charge on any atom is 0.387 e. The van der Waals surface area contributed by atoms with Crippen LogP contribution in [0.15, 0.2) is 17.1 Å². The first-order valence-corrected chi connectivity index (χ1v) is 7.89. The van der Waals surface area contributed by atoms with Crippen molar-refractivity contribution in [2.24, 2.45) is 10.9 Å². The lowest BCUT2D eigenvalue weighted by Crippen LogP contribution is -2.39. The molecule has 0 spiro atoms. The normalized spacial score (nSPS) is 13.5. The number of alkyl halides is 2. The lowest BCUT2D eigenvalue weighted by Gasteiger charge is -2.14. The van der Waals surface area contributed by atoms with E-state index in [9.17, 15) is 8.78 Å². The van der Waals surface area contributed by atoms with Gasteiger partial charge < -0.3 is 24.8 Å². The van der Waals surface area contributed by atoms with Gasteiger partial charge in [-0.3, -0.25) is 0 Å². The van der Waals surface area contributed by atoms with E-state index in [1.165, 1.54) is 6.07 Å². The summed E-state index contributed by atoms with van der Waals surface area (Å²) < 4.78 is 40.3. The number of guanidine groups is 1. The van der Waals surface area contributed by atoms with Crippen molar-refractivity contribution >= 4 is 5.96 Å². The van der Waals surface area contributed by atoms with Gasteiger partial charge in [-0.25, -0.2) is 4.99 Å². The predicted octanol–water partition coefficient (Wildman–Crippen LogP) is 2.73. The number of rotatable bonds is 7. The van der Waals surface area contributed by atoms with E-state index in [2.05, 4.69) is 34.2 Å². The number of hydrogen-bond donors (Lipinski definition) is 2. The van der Waals surface area contributed by atoms with Crippen molar-refractivity contribution < 1.29 is 23.0 Å². The zero-order chi connectivity index (χ0) is 17.5. The van der Waals surface area contributed by atoms with E-state index in [0.717, 1.165) is 6.54 Å². The van der Waals surface area contributed by atoms with Crippen LogP contribution in [-0.4, -0.2) is 32.5 Å². The third-order valence-corrected chi connectivity index (χ3v) is 3.20. The van der Waals surface area contributed by atoms with Gasteiger partial charge in [0.25, 0.3) is 0 Å². The molecule has 0 aliphatic carbocycles. The van der Waals surface area contributed by atoms with Crippen molar-refractivity contribution in [1.29, 1.82) is 0 Å². The predicted molar refractivity (Wildman–Crippen MR) is 86.9 cm³/mol. The van der Waals surface area contributed by atoms with E-state index in [-0.39, 0.29) is 19.1 Å². The van der Waals surface area contributed by atoms with Gasteiger partial charge in [0.15, 0.2) is 17.5 Å². The summed E-state index contributed by atoms with van der Waals surface area (Å²) in [6.45, 7) is 4.91. The first-order chi connectivity index (χ1) is 11.5. The standard InChI is InChI=1S/C16H23F2N3O3/c1-4-19-16(20-7-10(2)3)21-8-11-5-13-14(23-9-22-13)6-12(11)24-15(17)18/h5-6,10,15H,4,7-9H2,1-3H3,(H2,19,20,21). The molecule has 1 aromatic rings. The Morgan fingerprint density at radius 1 is 1.25 bits per heavy atom. The number of hydrogen-bond acceptors (Lipinski definition) is 4. The van der Waals surface area contributed by atoms with Crippen LogP contribution in [0.3, 0.4) is 0 Å². The molecule has 2 rings (SSSR count). The van der Waals surface area contributed by atoms with Gasteiger partial charge in [-0.1, -0.05) is 13.8 Å². The fourth-order valence-corrected chi connectivity index (χ4v) is 2.10. The topological polar surface area (TPSA) is 64.1 Å². The summed E-state index contributed by atoms with van der Waals surface area (Å²) in [4.78, 5) is 4.42. The molecule has 1 heterocycles. The maximum absolute atomic E-state index is 12.6. The van der Waals surface area contributed by atoms with Crippen molar-refractivity contribution in [1.82, 2.24) is 10.6 Å². The Bertz CT molecular complexity index is 580. The molecular formula is C16H23F2N3O3. The van der Waals surface area contributed by atoms with E-state index >= 15 is 0 Å². The van der Waals surface area contributed by atoms with Crippen molar-refractivity contribution in [2.75, 3.05) is 19.9 Å². The summed E-state index contributed by atoms with van der Waals surface area (Å²) in [6.07, 6.45) is 0. The summed E-state index contributed by atoms with van der Waals surface area (Å²) >= 11 is 0. The van der Waals surface area contributed by atoms with Gasteiger partial charge in [0.2, 0.25) is 6.79 Å². The minimum atomic E-state index is -2.92. The Labute approximate surface area is 140 Å². The first kappa shape index (κ1) is 18.1. The summed E-state index contributed by atoms with van der Waals surface area (Å²) in [7, 11) is 0. The zero-order valence-corrected chi connectivity index (χ0v) is 14.1. The van der Waals surface area contributed by atoms with Gasteiger partial charge in [0.05, 0.1) is 6.54 Å². The number of fused-ring (bicyclic) bond motifs is 1. The smallest absolute Gasteiger partial charge is 0.387 e. The molecule has 0 fully saturated rings. The van der Waals surface area contributed by atoms with Gasteiger partial charge >= 0.3 is 6.61 Å². The molecule has 24 heavy (non-hydrogen) atoms. The molecule has 1 aliphatic rings. The lowest BCUT2D eigenvalue weighted by atomic mass is 10.1. The van der Waals surface area contributed by atoms with Crippen LogP contribution in [0.2, 0.25) is 0 Å². The number of benzene rings is 1. The fraction of sp³-hybridized carbons (Fsp3) is 0.562. The second-order valence-electron chi connectivity index (χ2n) is 5.66. The molecule has 134 valence electrons. The van der Waals surface area contributed by atoms with E-state index in [0.29, 0.717) is 35.5 Å². The van der Waals surface area contributed by atoms with Crippen LogP contribution in [-0.2, 0) is 6.54 Å². The highest BCUT2D eigenvalue weighted by molar-refractivity contribution is 5.79. The van der Waals surface area contributed by atoms with Gasteiger partial charge in [-0.05, 0) is 18.9 Å². The summed E-state index contributed by atoms with van der Waals surface area (Å²) in [6, 6.07) is 3.03. The Kier molecular flexibility index (Phi) is 6.45. The quantitative estimate of drug-likeness (QED) is 0.589. The highest BCUT2D eigenvalue weighted by Crippen LogP contribution is 2.38. The Morgan fingerprint density at radius 2 is 1.96 bits per heavy atom. The maximum atomic E-state index is 12.6. The number of ether oxygens (including phenoxy) is 3. The minimum absolute atomic E-state index is 0.0395. The molecule has 0 bridgehead atoms. The largest absolute Gasteiger partial charge is 0.454 e.